The molecule has 0 bridgehead atoms. The van der Waals surface area contributed by atoms with E-state index in [1.807, 2.05) is 13.8 Å². The summed E-state index contributed by atoms with van der Waals surface area (Å²) < 4.78 is 24.5. The molecule has 16 heavy (non-hydrogen) atoms. The molecule has 1 saturated heterocycles. The van der Waals surface area contributed by atoms with E-state index in [0.717, 1.165) is 4.31 Å². The molecular weight excluding hydrogens is 228 g/mol. The molecule has 1 fully saturated rings. The smallest absolute Gasteiger partial charge is 0.242 e. The number of carbonyl (C=O) groups excluding carboxylic acids is 1. The van der Waals surface area contributed by atoms with Crippen molar-refractivity contribution in [3.63, 3.8) is 0 Å². The van der Waals surface area contributed by atoms with Crippen LogP contribution >= 0.6 is 0 Å². The van der Waals surface area contributed by atoms with E-state index >= 15 is 0 Å². The molecule has 0 aliphatic carbocycles. The van der Waals surface area contributed by atoms with E-state index < -0.39 is 21.0 Å². The van der Waals surface area contributed by atoms with Crippen LogP contribution in [0.4, 0.5) is 0 Å². The summed E-state index contributed by atoms with van der Waals surface area (Å²) in [5.41, 5.74) is 4.50. The summed E-state index contributed by atoms with van der Waals surface area (Å²) in [5.74, 6) is -0.430. The van der Waals surface area contributed by atoms with Crippen LogP contribution in [0.1, 0.15) is 34.1 Å². The Bertz CT molecular complexity index is 393. The van der Waals surface area contributed by atoms with Gasteiger partial charge >= 0.3 is 0 Å². The second-order valence-electron chi connectivity index (χ2n) is 5.76. The lowest BCUT2D eigenvalue weighted by Gasteiger charge is -2.23. The minimum Gasteiger partial charge on any atom is -0.325 e. The molecule has 1 heterocycles. The third kappa shape index (κ3) is 2.74. The van der Waals surface area contributed by atoms with Crippen molar-refractivity contribution >= 4 is 15.9 Å². The number of rotatable bonds is 3. The third-order valence-corrected chi connectivity index (χ3v) is 4.75. The Balaban J connectivity index is 2.85. The first-order valence-corrected chi connectivity index (χ1v) is 6.90. The van der Waals surface area contributed by atoms with Crippen LogP contribution in [0.3, 0.4) is 0 Å². The lowest BCUT2D eigenvalue weighted by atomic mass is 9.95. The van der Waals surface area contributed by atoms with Crippen LogP contribution in [0, 0.1) is 5.41 Å². The Hall–Kier alpha value is -0.620. The van der Waals surface area contributed by atoms with E-state index in [-0.39, 0.29) is 18.2 Å². The van der Waals surface area contributed by atoms with Gasteiger partial charge in [-0.15, -0.1) is 0 Å². The Morgan fingerprint density at radius 3 is 2.25 bits per heavy atom. The highest BCUT2D eigenvalue weighted by molar-refractivity contribution is 7.90. The molecule has 0 atom stereocenters. The van der Waals surface area contributed by atoms with Gasteiger partial charge in [-0.25, -0.2) is 12.7 Å². The van der Waals surface area contributed by atoms with E-state index in [1.165, 1.54) is 0 Å². The molecule has 0 aromatic heterocycles. The average Bonchev–Trinajstić information content (AvgIpc) is 2.12. The van der Waals surface area contributed by atoms with Gasteiger partial charge in [0.25, 0.3) is 0 Å². The van der Waals surface area contributed by atoms with Crippen LogP contribution in [0.2, 0.25) is 0 Å². The normalized spacial score (nSPS) is 23.8. The molecule has 1 aliphatic rings. The van der Waals surface area contributed by atoms with E-state index in [4.69, 9.17) is 5.73 Å². The average molecular weight is 248 g/mol. The molecule has 1 rings (SSSR count). The molecule has 1 amide bonds. The lowest BCUT2D eigenvalue weighted by molar-refractivity contribution is -0.132. The molecule has 94 valence electrons. The number of hydrogen-bond donors (Lipinski definition) is 1. The van der Waals surface area contributed by atoms with Gasteiger partial charge in [0.15, 0.2) is 0 Å². The number of nitrogens with zero attached hydrogens (tertiary/aromatic N) is 1. The molecule has 0 unspecified atom stereocenters. The molecule has 0 radical (unpaired) electrons. The summed E-state index contributed by atoms with van der Waals surface area (Å²) in [6.45, 7) is 7.10. The zero-order valence-corrected chi connectivity index (χ0v) is 11.1. The first-order valence-electron chi connectivity index (χ1n) is 5.29. The van der Waals surface area contributed by atoms with Crippen molar-refractivity contribution in [2.75, 3.05) is 12.3 Å². The molecule has 0 aromatic rings. The van der Waals surface area contributed by atoms with Crippen molar-refractivity contribution in [1.29, 1.82) is 0 Å². The minimum absolute atomic E-state index is 0.107. The number of hydrogen-bond acceptors (Lipinski definition) is 4. The molecule has 2 N–H and O–H groups in total. The van der Waals surface area contributed by atoms with Crippen LogP contribution in [0.5, 0.6) is 0 Å². The number of carbonyl (C=O) groups is 1. The highest BCUT2D eigenvalue weighted by atomic mass is 32.2. The predicted molar refractivity (Wildman–Crippen MR) is 62.2 cm³/mol. The molecule has 0 spiro atoms. The maximum Gasteiger partial charge on any atom is 0.242 e. The lowest BCUT2D eigenvalue weighted by Crippen LogP contribution is -2.40. The summed E-state index contributed by atoms with van der Waals surface area (Å²) >= 11 is 0. The Morgan fingerprint density at radius 1 is 1.44 bits per heavy atom. The summed E-state index contributed by atoms with van der Waals surface area (Å²) in [4.78, 5) is 11.9. The molecule has 6 heteroatoms. The van der Waals surface area contributed by atoms with Crippen molar-refractivity contribution in [2.24, 2.45) is 11.1 Å². The number of sulfonamides is 1. The van der Waals surface area contributed by atoms with Gasteiger partial charge in [-0.2, -0.15) is 0 Å². The van der Waals surface area contributed by atoms with Gasteiger partial charge in [-0.05, 0) is 34.1 Å². The van der Waals surface area contributed by atoms with Gasteiger partial charge in [0.1, 0.15) is 0 Å². The maximum absolute atomic E-state index is 11.9. The largest absolute Gasteiger partial charge is 0.325 e. The van der Waals surface area contributed by atoms with E-state index in [0.29, 0.717) is 6.42 Å². The highest BCUT2D eigenvalue weighted by Gasteiger charge is 2.48. The van der Waals surface area contributed by atoms with Gasteiger partial charge in [0.05, 0.1) is 11.2 Å². The molecule has 0 aromatic carbocycles. The van der Waals surface area contributed by atoms with Gasteiger partial charge in [0, 0.05) is 12.1 Å². The first-order chi connectivity index (χ1) is 6.96. The number of nitrogens with two attached hydrogens (primary N) is 1. The monoisotopic (exact) mass is 248 g/mol. The fourth-order valence-electron chi connectivity index (χ4n) is 1.69. The van der Waals surface area contributed by atoms with Gasteiger partial charge in [-0.1, -0.05) is 0 Å². The topological polar surface area (TPSA) is 80.5 Å². The Kier molecular flexibility index (Phi) is 3.11. The second-order valence-corrected chi connectivity index (χ2v) is 7.65. The van der Waals surface area contributed by atoms with Crippen molar-refractivity contribution in [3.05, 3.63) is 0 Å². The SMILES string of the molecule is CC(C)(N)CCN1C(=O)C(C)(C)CS1(=O)=O. The Labute approximate surface area is 97.0 Å². The standard InChI is InChI=1S/C10H20N2O3S/c1-9(2)7-16(14,15)12(8(9)13)6-5-10(3,4)11/h5-7,11H2,1-4H3. The van der Waals surface area contributed by atoms with Crippen LogP contribution < -0.4 is 5.73 Å². The fraction of sp³-hybridized carbons (Fsp3) is 0.900. The van der Waals surface area contributed by atoms with Gasteiger partial charge in [0.2, 0.25) is 15.9 Å². The van der Waals surface area contributed by atoms with E-state index in [9.17, 15) is 13.2 Å². The maximum atomic E-state index is 11.9. The minimum atomic E-state index is -3.44. The van der Waals surface area contributed by atoms with Crippen molar-refractivity contribution in [2.45, 2.75) is 39.7 Å². The third-order valence-electron chi connectivity index (χ3n) is 2.64. The summed E-state index contributed by atoms with van der Waals surface area (Å²) in [6, 6.07) is 0. The molecular formula is C10H20N2O3S. The van der Waals surface area contributed by atoms with Crippen LogP contribution in [-0.2, 0) is 14.8 Å². The highest BCUT2D eigenvalue weighted by Crippen LogP contribution is 2.32. The fourth-order valence-corrected chi connectivity index (χ4v) is 3.75. The van der Waals surface area contributed by atoms with Crippen molar-refractivity contribution < 1.29 is 13.2 Å². The van der Waals surface area contributed by atoms with Gasteiger partial charge in [-0.3, -0.25) is 4.79 Å². The van der Waals surface area contributed by atoms with E-state index in [1.54, 1.807) is 13.8 Å². The zero-order valence-electron chi connectivity index (χ0n) is 10.3. The van der Waals surface area contributed by atoms with Crippen LogP contribution in [0.25, 0.3) is 0 Å². The van der Waals surface area contributed by atoms with Crippen LogP contribution in [-0.4, -0.2) is 36.5 Å². The quantitative estimate of drug-likeness (QED) is 0.779. The number of amides is 1. The molecule has 0 saturated carbocycles. The summed E-state index contributed by atoms with van der Waals surface area (Å²) in [6.07, 6.45) is 0.466. The predicted octanol–water partition coefficient (Wildman–Crippen LogP) is 0.312. The van der Waals surface area contributed by atoms with Crippen LogP contribution in [0.15, 0.2) is 0 Å². The summed E-state index contributed by atoms with van der Waals surface area (Å²) in [5, 5.41) is 0. The molecule has 5 nitrogen and oxygen atoms in total. The van der Waals surface area contributed by atoms with Gasteiger partial charge < -0.3 is 5.73 Å². The second kappa shape index (κ2) is 3.70. The molecule has 1 aliphatic heterocycles. The van der Waals surface area contributed by atoms with Crippen molar-refractivity contribution in [1.82, 2.24) is 4.31 Å². The van der Waals surface area contributed by atoms with Crippen molar-refractivity contribution in [3.8, 4) is 0 Å². The first kappa shape index (κ1) is 13.4. The van der Waals surface area contributed by atoms with E-state index in [2.05, 4.69) is 0 Å². The Morgan fingerprint density at radius 2 is 1.94 bits per heavy atom. The summed E-state index contributed by atoms with van der Waals surface area (Å²) in [7, 11) is -3.44. The zero-order chi connectivity index (χ0) is 12.8.